The summed E-state index contributed by atoms with van der Waals surface area (Å²) in [4.78, 5) is 28.3. The first-order chi connectivity index (χ1) is 12.2. The first-order valence-electron chi connectivity index (χ1n) is 7.71. The Hall–Kier alpha value is -2.94. The molecule has 26 heavy (non-hydrogen) atoms. The van der Waals surface area contributed by atoms with Gasteiger partial charge in [0.05, 0.1) is 23.5 Å². The molecule has 1 N–H and O–H groups in total. The lowest BCUT2D eigenvalue weighted by molar-refractivity contribution is 0.0602. The summed E-state index contributed by atoms with van der Waals surface area (Å²) in [7, 11) is -2.50. The molecule has 3 aromatic rings. The van der Waals surface area contributed by atoms with Crippen molar-refractivity contribution in [1.29, 1.82) is 0 Å². The van der Waals surface area contributed by atoms with Gasteiger partial charge in [-0.1, -0.05) is 17.7 Å². The summed E-state index contributed by atoms with van der Waals surface area (Å²) < 4.78 is 31.2. The minimum absolute atomic E-state index is 0.0233. The lowest BCUT2D eigenvalue weighted by atomic mass is 10.2. The molecule has 3 rings (SSSR count). The molecule has 0 atom stereocenters. The summed E-state index contributed by atoms with van der Waals surface area (Å²) in [5, 5.41) is 2.60. The number of H-pyrrole nitrogens is 1. The maximum atomic E-state index is 12.7. The third-order valence-corrected chi connectivity index (χ3v) is 5.76. The molecule has 0 amide bonds. The minimum atomic E-state index is -3.70. The zero-order chi connectivity index (χ0) is 19.1. The molecule has 2 aromatic heterocycles. The highest BCUT2D eigenvalue weighted by Gasteiger charge is 2.21. The van der Waals surface area contributed by atoms with Crippen molar-refractivity contribution in [2.75, 3.05) is 7.11 Å². The lowest BCUT2D eigenvalue weighted by Gasteiger charge is -2.08. The molecule has 0 radical (unpaired) electrons. The van der Waals surface area contributed by atoms with E-state index in [0.717, 1.165) is 16.1 Å². The van der Waals surface area contributed by atoms with Gasteiger partial charge in [0, 0.05) is 12.3 Å². The highest BCUT2D eigenvalue weighted by atomic mass is 32.2. The van der Waals surface area contributed by atoms with Gasteiger partial charge in [-0.15, -0.1) is 0 Å². The predicted octanol–water partition coefficient (Wildman–Crippen LogP) is 1.40. The second-order valence-electron chi connectivity index (χ2n) is 5.95. The average molecular weight is 375 g/mol. The summed E-state index contributed by atoms with van der Waals surface area (Å²) in [5.41, 5.74) is 1.19. The van der Waals surface area contributed by atoms with E-state index in [2.05, 4.69) is 14.8 Å². The van der Waals surface area contributed by atoms with E-state index in [1.54, 1.807) is 25.1 Å². The normalized spacial score (nSPS) is 11.7. The maximum Gasteiger partial charge on any atom is 0.343 e. The van der Waals surface area contributed by atoms with Crippen LogP contribution in [0.15, 0.2) is 40.2 Å². The molecule has 136 valence electrons. The molecule has 0 aliphatic carbocycles. The Morgan fingerprint density at radius 3 is 2.65 bits per heavy atom. The number of rotatable bonds is 4. The number of esters is 1. The van der Waals surface area contributed by atoms with Crippen molar-refractivity contribution in [2.24, 2.45) is 0 Å². The second-order valence-corrected chi connectivity index (χ2v) is 7.91. The number of aromatic amines is 1. The van der Waals surface area contributed by atoms with Gasteiger partial charge in [-0.05, 0) is 25.5 Å². The van der Waals surface area contributed by atoms with Gasteiger partial charge in [-0.3, -0.25) is 9.89 Å². The van der Waals surface area contributed by atoms with Crippen LogP contribution in [0.25, 0.3) is 5.65 Å². The molecule has 9 heteroatoms. The zero-order valence-electron chi connectivity index (χ0n) is 14.4. The van der Waals surface area contributed by atoms with Crippen LogP contribution < -0.4 is 5.56 Å². The molecule has 0 spiro atoms. The number of fused-ring (bicyclic) bond motifs is 1. The average Bonchev–Trinajstić information content (AvgIpc) is 2.97. The number of nitrogens with zero attached hydrogens (tertiary/aromatic N) is 2. The Labute approximate surface area is 149 Å². The Kier molecular flexibility index (Phi) is 4.41. The molecule has 0 aliphatic rings. The van der Waals surface area contributed by atoms with Crippen LogP contribution in [0.3, 0.4) is 0 Å². The molecular formula is C17H17N3O5S. The van der Waals surface area contributed by atoms with Crippen molar-refractivity contribution in [2.45, 2.75) is 24.5 Å². The van der Waals surface area contributed by atoms with Gasteiger partial charge in [0.1, 0.15) is 5.56 Å². The number of benzene rings is 1. The number of nitrogens with one attached hydrogen (secondary N) is 1. The van der Waals surface area contributed by atoms with Crippen LogP contribution in [0, 0.1) is 13.8 Å². The molecule has 0 unspecified atom stereocenters. The summed E-state index contributed by atoms with van der Waals surface area (Å²) in [6, 6.07) is 6.17. The van der Waals surface area contributed by atoms with Gasteiger partial charge in [0.25, 0.3) is 5.56 Å². The Bertz CT molecular complexity index is 1170. The Morgan fingerprint density at radius 2 is 2.00 bits per heavy atom. The number of aromatic nitrogens is 3. The van der Waals surface area contributed by atoms with Crippen molar-refractivity contribution < 1.29 is 17.9 Å². The van der Waals surface area contributed by atoms with E-state index in [-0.39, 0.29) is 21.8 Å². The Balaban J connectivity index is 2.08. The molecule has 0 bridgehead atoms. The first-order valence-corrected chi connectivity index (χ1v) is 9.36. The smallest absolute Gasteiger partial charge is 0.343 e. The molecule has 1 aromatic carbocycles. The van der Waals surface area contributed by atoms with Gasteiger partial charge >= 0.3 is 5.97 Å². The summed E-state index contributed by atoms with van der Waals surface area (Å²) in [6.07, 6.45) is 1.29. The van der Waals surface area contributed by atoms with E-state index in [0.29, 0.717) is 5.56 Å². The van der Waals surface area contributed by atoms with Crippen molar-refractivity contribution in [1.82, 2.24) is 14.6 Å². The van der Waals surface area contributed by atoms with E-state index in [4.69, 9.17) is 0 Å². The van der Waals surface area contributed by atoms with E-state index < -0.39 is 27.1 Å². The largest absolute Gasteiger partial charge is 0.465 e. The number of carbonyl (C=O) groups is 1. The minimum Gasteiger partial charge on any atom is -0.465 e. The summed E-state index contributed by atoms with van der Waals surface area (Å²) in [6.45, 7) is 3.59. The van der Waals surface area contributed by atoms with Crippen LogP contribution in [-0.4, -0.2) is 36.1 Å². The van der Waals surface area contributed by atoms with Crippen LogP contribution >= 0.6 is 0 Å². The van der Waals surface area contributed by atoms with Crippen molar-refractivity contribution in [3.63, 3.8) is 0 Å². The third kappa shape index (κ3) is 3.13. The molecule has 2 heterocycles. The number of carbonyl (C=O) groups excluding carboxylic acids is 1. The fourth-order valence-corrected chi connectivity index (χ4v) is 4.30. The fraction of sp³-hybridized carbons (Fsp3) is 0.235. The van der Waals surface area contributed by atoms with Crippen molar-refractivity contribution >= 4 is 21.5 Å². The third-order valence-electron chi connectivity index (χ3n) is 3.96. The molecule has 0 saturated heterocycles. The topological polar surface area (TPSA) is 111 Å². The number of hydrogen-bond acceptors (Lipinski definition) is 6. The SMILES string of the molecule is COC(=O)c1c[nH]n2c(=O)cc(CS(=O)(=O)c3ccc(C)cc3C)nc12. The van der Waals surface area contributed by atoms with Crippen LogP contribution in [0.1, 0.15) is 27.2 Å². The van der Waals surface area contributed by atoms with E-state index in [9.17, 15) is 18.0 Å². The second kappa shape index (κ2) is 6.41. The fourth-order valence-electron chi connectivity index (χ4n) is 2.78. The summed E-state index contributed by atoms with van der Waals surface area (Å²) >= 11 is 0. The van der Waals surface area contributed by atoms with Crippen LogP contribution in [0.5, 0.6) is 0 Å². The van der Waals surface area contributed by atoms with Crippen LogP contribution in [-0.2, 0) is 20.3 Å². The van der Waals surface area contributed by atoms with E-state index in [1.807, 2.05) is 6.92 Å². The monoisotopic (exact) mass is 375 g/mol. The molecule has 0 saturated carbocycles. The van der Waals surface area contributed by atoms with Gasteiger partial charge in [0.2, 0.25) is 0 Å². The zero-order valence-corrected chi connectivity index (χ0v) is 15.3. The molecule has 0 fully saturated rings. The highest BCUT2D eigenvalue weighted by molar-refractivity contribution is 7.90. The number of aryl methyl sites for hydroxylation is 2. The lowest BCUT2D eigenvalue weighted by Crippen LogP contribution is -2.18. The van der Waals surface area contributed by atoms with Gasteiger partial charge in [-0.25, -0.2) is 22.7 Å². The van der Waals surface area contributed by atoms with E-state index >= 15 is 0 Å². The van der Waals surface area contributed by atoms with Gasteiger partial charge < -0.3 is 4.74 Å². The molecule has 8 nitrogen and oxygen atoms in total. The van der Waals surface area contributed by atoms with Crippen molar-refractivity contribution in [3.05, 3.63) is 63.2 Å². The van der Waals surface area contributed by atoms with Crippen LogP contribution in [0.4, 0.5) is 0 Å². The van der Waals surface area contributed by atoms with Gasteiger partial charge in [-0.2, -0.15) is 0 Å². The maximum absolute atomic E-state index is 12.7. The number of hydrogen-bond donors (Lipinski definition) is 1. The number of ether oxygens (including phenoxy) is 1. The highest BCUT2D eigenvalue weighted by Crippen LogP contribution is 2.21. The number of sulfone groups is 1. The quantitative estimate of drug-likeness (QED) is 0.690. The van der Waals surface area contributed by atoms with Crippen molar-refractivity contribution in [3.8, 4) is 0 Å². The van der Waals surface area contributed by atoms with Gasteiger partial charge in [0.15, 0.2) is 15.5 Å². The summed E-state index contributed by atoms with van der Waals surface area (Å²) in [5.74, 6) is -1.13. The van der Waals surface area contributed by atoms with E-state index in [1.165, 1.54) is 13.3 Å². The molecule has 0 aliphatic heterocycles. The standard InChI is InChI=1S/C17H17N3O5S/c1-10-4-5-14(11(2)6-10)26(23,24)9-12-7-15(21)20-16(19-12)13(8-18-20)17(22)25-3/h4-8,18H,9H2,1-3H3. The molecular weight excluding hydrogens is 358 g/mol. The predicted molar refractivity (Wildman–Crippen MR) is 94.0 cm³/mol. The number of methoxy groups -OCH3 is 1. The first kappa shape index (κ1) is 17.9. The Morgan fingerprint density at radius 1 is 1.27 bits per heavy atom. The van der Waals surface area contributed by atoms with Crippen LogP contribution in [0.2, 0.25) is 0 Å².